The van der Waals surface area contributed by atoms with Crippen LogP contribution in [0.2, 0.25) is 0 Å². The first kappa shape index (κ1) is 18.2. The molecule has 2 amide bonds. The van der Waals surface area contributed by atoms with Crippen LogP contribution in [0.25, 0.3) is 0 Å². The predicted octanol–water partition coefficient (Wildman–Crippen LogP) is 3.41. The van der Waals surface area contributed by atoms with Crippen LogP contribution in [0.3, 0.4) is 0 Å². The van der Waals surface area contributed by atoms with Gasteiger partial charge in [0.1, 0.15) is 0 Å². The molecule has 4 bridgehead atoms. The predicted molar refractivity (Wildman–Crippen MR) is 108 cm³/mol. The molecule has 1 aromatic carbocycles. The molecule has 1 aromatic rings. The molecule has 1 atom stereocenters. The van der Waals surface area contributed by atoms with Crippen LogP contribution < -0.4 is 5.32 Å². The summed E-state index contributed by atoms with van der Waals surface area (Å²) in [7, 11) is 0. The number of carbonyl (C=O) groups is 2. The number of hydrogen-bond donors (Lipinski definition) is 1. The molecule has 4 saturated carbocycles. The molecule has 1 unspecified atom stereocenters. The van der Waals surface area contributed by atoms with E-state index < -0.39 is 0 Å². The van der Waals surface area contributed by atoms with Crippen molar-refractivity contribution in [3.63, 3.8) is 0 Å². The van der Waals surface area contributed by atoms with Crippen LogP contribution >= 0.6 is 0 Å². The number of rotatable bonds is 6. The number of nitrogens with zero attached hydrogens (tertiary/aromatic N) is 1. The molecule has 1 aliphatic heterocycles. The fourth-order valence-corrected chi connectivity index (χ4v) is 7.00. The van der Waals surface area contributed by atoms with E-state index in [2.05, 4.69) is 17.4 Å². The Morgan fingerprint density at radius 2 is 1.68 bits per heavy atom. The molecule has 0 radical (unpaired) electrons. The number of likely N-dealkylation sites (tertiary alicyclic amines) is 1. The Hall–Kier alpha value is -1.84. The van der Waals surface area contributed by atoms with Gasteiger partial charge in [0.2, 0.25) is 11.8 Å². The topological polar surface area (TPSA) is 49.4 Å². The summed E-state index contributed by atoms with van der Waals surface area (Å²) in [5, 5.41) is 3.28. The number of carbonyl (C=O) groups excluding carboxylic acids is 2. The zero-order valence-electron chi connectivity index (χ0n) is 16.7. The fourth-order valence-electron chi connectivity index (χ4n) is 7.00. The third kappa shape index (κ3) is 3.58. The van der Waals surface area contributed by atoms with E-state index in [-0.39, 0.29) is 17.7 Å². The van der Waals surface area contributed by atoms with Crippen molar-refractivity contribution in [1.29, 1.82) is 0 Å². The molecule has 0 spiro atoms. The van der Waals surface area contributed by atoms with Gasteiger partial charge in [-0.15, -0.1) is 0 Å². The van der Waals surface area contributed by atoms with Gasteiger partial charge in [-0.1, -0.05) is 30.3 Å². The second-order valence-corrected chi connectivity index (χ2v) is 10.1. The second-order valence-electron chi connectivity index (χ2n) is 10.1. The minimum Gasteiger partial charge on any atom is -0.355 e. The maximum absolute atomic E-state index is 12.8. The first-order valence-electron chi connectivity index (χ1n) is 11.2. The van der Waals surface area contributed by atoms with E-state index in [9.17, 15) is 9.59 Å². The van der Waals surface area contributed by atoms with Gasteiger partial charge in [0.05, 0.1) is 5.92 Å². The minimum atomic E-state index is -0.169. The highest BCUT2D eigenvalue weighted by atomic mass is 16.2. The Morgan fingerprint density at radius 1 is 1.04 bits per heavy atom. The highest BCUT2D eigenvalue weighted by molar-refractivity contribution is 5.89. The molecule has 1 heterocycles. The highest BCUT2D eigenvalue weighted by Gasteiger charge is 2.51. The first-order chi connectivity index (χ1) is 13.6. The van der Waals surface area contributed by atoms with Gasteiger partial charge < -0.3 is 10.2 Å². The molecule has 5 aliphatic rings. The molecular weight excluding hydrogens is 348 g/mol. The summed E-state index contributed by atoms with van der Waals surface area (Å²) in [5.74, 6) is 2.79. The molecule has 4 heteroatoms. The standard InChI is InChI=1S/C24H32N2O2/c27-22-11-21(15-26(22)7-6-17-4-2-1-3-5-17)23(28)25-16-24-12-18-8-19(13-24)10-20(9-18)14-24/h1-5,18-21H,6-16H2,(H,25,28). The Labute approximate surface area is 168 Å². The molecule has 0 aromatic heterocycles. The van der Waals surface area contributed by atoms with Crippen LogP contribution in [0.15, 0.2) is 30.3 Å². The van der Waals surface area contributed by atoms with Crippen LogP contribution in [-0.2, 0) is 16.0 Å². The van der Waals surface area contributed by atoms with Crippen molar-refractivity contribution < 1.29 is 9.59 Å². The van der Waals surface area contributed by atoms with Crippen LogP contribution in [-0.4, -0.2) is 36.3 Å². The van der Waals surface area contributed by atoms with Gasteiger partial charge in [0, 0.05) is 26.1 Å². The van der Waals surface area contributed by atoms with Crippen molar-refractivity contribution in [1.82, 2.24) is 10.2 Å². The van der Waals surface area contributed by atoms with Gasteiger partial charge in [0.15, 0.2) is 0 Å². The number of nitrogens with one attached hydrogen (secondary N) is 1. The zero-order valence-corrected chi connectivity index (χ0v) is 16.7. The van der Waals surface area contributed by atoms with E-state index in [4.69, 9.17) is 0 Å². The number of amides is 2. The van der Waals surface area contributed by atoms with Gasteiger partial charge in [-0.3, -0.25) is 9.59 Å². The smallest absolute Gasteiger partial charge is 0.225 e. The summed E-state index contributed by atoms with van der Waals surface area (Å²) in [4.78, 5) is 27.1. The molecule has 28 heavy (non-hydrogen) atoms. The van der Waals surface area contributed by atoms with E-state index in [1.807, 2.05) is 23.1 Å². The summed E-state index contributed by atoms with van der Waals surface area (Å²) < 4.78 is 0. The quantitative estimate of drug-likeness (QED) is 0.822. The molecule has 5 fully saturated rings. The SMILES string of the molecule is O=C(NCC12CC3CC(CC(C3)C1)C2)C1CC(=O)N(CCc2ccccc2)C1. The van der Waals surface area contributed by atoms with Crippen molar-refractivity contribution in [3.05, 3.63) is 35.9 Å². The summed E-state index contributed by atoms with van der Waals surface area (Å²) in [6.07, 6.45) is 9.46. The zero-order chi connectivity index (χ0) is 19.1. The lowest BCUT2D eigenvalue weighted by Crippen LogP contribution is -2.51. The molecule has 1 N–H and O–H groups in total. The number of hydrogen-bond acceptors (Lipinski definition) is 2. The molecule has 1 saturated heterocycles. The van der Waals surface area contributed by atoms with E-state index in [0.29, 0.717) is 24.9 Å². The van der Waals surface area contributed by atoms with E-state index in [1.165, 1.54) is 44.1 Å². The summed E-state index contributed by atoms with van der Waals surface area (Å²) in [6, 6.07) is 10.3. The van der Waals surface area contributed by atoms with Crippen LogP contribution in [0.4, 0.5) is 0 Å². The van der Waals surface area contributed by atoms with Crippen LogP contribution in [0.1, 0.15) is 50.5 Å². The Kier molecular flexibility index (Phi) is 4.68. The normalized spacial score (nSPS) is 36.1. The lowest BCUT2D eigenvalue weighted by atomic mass is 9.49. The molecule has 150 valence electrons. The van der Waals surface area contributed by atoms with Gasteiger partial charge >= 0.3 is 0 Å². The first-order valence-corrected chi connectivity index (χ1v) is 11.2. The van der Waals surface area contributed by atoms with Crippen molar-refractivity contribution in [2.45, 2.75) is 51.4 Å². The summed E-state index contributed by atoms with van der Waals surface area (Å²) in [6.45, 7) is 2.13. The largest absolute Gasteiger partial charge is 0.355 e. The Bertz CT molecular complexity index is 709. The average Bonchev–Trinajstić information content (AvgIpc) is 3.05. The lowest BCUT2D eigenvalue weighted by Gasteiger charge is -2.57. The Morgan fingerprint density at radius 3 is 2.32 bits per heavy atom. The van der Waals surface area contributed by atoms with Crippen LogP contribution in [0, 0.1) is 29.1 Å². The summed E-state index contributed by atoms with van der Waals surface area (Å²) in [5.41, 5.74) is 1.60. The van der Waals surface area contributed by atoms with Gasteiger partial charge in [0.25, 0.3) is 0 Å². The molecule has 6 rings (SSSR count). The minimum absolute atomic E-state index is 0.103. The Balaban J connectivity index is 1.13. The van der Waals surface area contributed by atoms with E-state index in [0.717, 1.165) is 30.7 Å². The van der Waals surface area contributed by atoms with E-state index >= 15 is 0 Å². The van der Waals surface area contributed by atoms with Gasteiger partial charge in [-0.25, -0.2) is 0 Å². The van der Waals surface area contributed by atoms with Crippen molar-refractivity contribution >= 4 is 11.8 Å². The second kappa shape index (κ2) is 7.20. The van der Waals surface area contributed by atoms with Crippen molar-refractivity contribution in [3.8, 4) is 0 Å². The highest BCUT2D eigenvalue weighted by Crippen LogP contribution is 2.59. The summed E-state index contributed by atoms with van der Waals surface area (Å²) >= 11 is 0. The third-order valence-electron chi connectivity index (χ3n) is 7.90. The van der Waals surface area contributed by atoms with E-state index in [1.54, 1.807) is 0 Å². The molecule has 4 nitrogen and oxygen atoms in total. The molecular formula is C24H32N2O2. The third-order valence-corrected chi connectivity index (χ3v) is 7.90. The average molecular weight is 381 g/mol. The van der Waals surface area contributed by atoms with Crippen molar-refractivity contribution in [2.75, 3.05) is 19.6 Å². The van der Waals surface area contributed by atoms with Crippen LogP contribution in [0.5, 0.6) is 0 Å². The molecule has 4 aliphatic carbocycles. The monoisotopic (exact) mass is 380 g/mol. The van der Waals surface area contributed by atoms with Crippen molar-refractivity contribution in [2.24, 2.45) is 29.1 Å². The number of benzene rings is 1. The fraction of sp³-hybridized carbons (Fsp3) is 0.667. The maximum atomic E-state index is 12.8. The maximum Gasteiger partial charge on any atom is 0.225 e. The lowest BCUT2D eigenvalue weighted by molar-refractivity contribution is -0.129. The van der Waals surface area contributed by atoms with Gasteiger partial charge in [-0.2, -0.15) is 0 Å². The van der Waals surface area contributed by atoms with Gasteiger partial charge in [-0.05, 0) is 73.7 Å².